The van der Waals surface area contributed by atoms with Crippen LogP contribution in [0.15, 0.2) is 53.4 Å². The molecule has 1 saturated heterocycles. The predicted octanol–water partition coefficient (Wildman–Crippen LogP) is 1.24. The largest absolute Gasteiger partial charge is 0.480 e. The second-order valence-electron chi connectivity index (χ2n) is 7.00. The summed E-state index contributed by atoms with van der Waals surface area (Å²) in [6.45, 7) is 0.969. The average Bonchev–Trinajstić information content (AvgIpc) is 3.42. The minimum atomic E-state index is -3.62. The van der Waals surface area contributed by atoms with Crippen molar-refractivity contribution in [3.05, 3.63) is 59.7 Å². The zero-order valence-electron chi connectivity index (χ0n) is 15.6. The molecule has 0 aliphatic carbocycles. The lowest BCUT2D eigenvalue weighted by molar-refractivity contribution is -0.128. The van der Waals surface area contributed by atoms with Crippen LogP contribution in [0.5, 0.6) is 5.75 Å². The van der Waals surface area contributed by atoms with E-state index in [0.29, 0.717) is 25.3 Å². The van der Waals surface area contributed by atoms with Crippen molar-refractivity contribution in [1.29, 1.82) is 0 Å². The number of hydrazine groups is 1. The summed E-state index contributed by atoms with van der Waals surface area (Å²) in [5.74, 6) is -0.429. The van der Waals surface area contributed by atoms with Gasteiger partial charge in [0.15, 0.2) is 6.10 Å². The van der Waals surface area contributed by atoms with Crippen molar-refractivity contribution in [3.63, 3.8) is 0 Å². The van der Waals surface area contributed by atoms with Gasteiger partial charge in [-0.3, -0.25) is 20.4 Å². The first kappa shape index (κ1) is 19.4. The van der Waals surface area contributed by atoms with Gasteiger partial charge in [0.05, 0.1) is 4.90 Å². The summed E-state index contributed by atoms with van der Waals surface area (Å²) in [5, 5.41) is 0. The maximum atomic E-state index is 12.7. The highest BCUT2D eigenvalue weighted by Gasteiger charge is 2.30. The molecule has 9 heteroatoms. The number of para-hydroxylation sites is 1. The predicted molar refractivity (Wildman–Crippen MR) is 105 cm³/mol. The topological polar surface area (TPSA) is 105 Å². The summed E-state index contributed by atoms with van der Waals surface area (Å²) in [7, 11) is -3.62. The van der Waals surface area contributed by atoms with E-state index in [1.807, 2.05) is 18.2 Å². The molecule has 2 heterocycles. The Bertz CT molecular complexity index is 1020. The summed E-state index contributed by atoms with van der Waals surface area (Å²) in [4.78, 5) is 24.8. The van der Waals surface area contributed by atoms with Crippen molar-refractivity contribution < 1.29 is 22.7 Å². The number of ether oxygens (including phenoxy) is 1. The summed E-state index contributed by atoms with van der Waals surface area (Å²) in [5.41, 5.74) is 5.74. The molecule has 152 valence electrons. The van der Waals surface area contributed by atoms with Gasteiger partial charge in [-0.25, -0.2) is 8.42 Å². The Labute approximate surface area is 168 Å². The average molecular weight is 415 g/mol. The first-order valence-corrected chi connectivity index (χ1v) is 10.8. The molecule has 0 radical (unpaired) electrons. The van der Waals surface area contributed by atoms with Crippen LogP contribution in [-0.4, -0.2) is 43.7 Å². The number of nitrogens with zero attached hydrogens (tertiary/aromatic N) is 1. The highest BCUT2D eigenvalue weighted by atomic mass is 32.2. The molecule has 2 aromatic carbocycles. The van der Waals surface area contributed by atoms with E-state index in [4.69, 9.17) is 4.74 Å². The van der Waals surface area contributed by atoms with Gasteiger partial charge in [-0.1, -0.05) is 24.3 Å². The Kier molecular flexibility index (Phi) is 5.25. The number of nitrogens with one attached hydrogen (secondary N) is 2. The van der Waals surface area contributed by atoms with E-state index in [0.717, 1.165) is 18.4 Å². The number of carbonyl (C=O) groups excluding carboxylic acids is 2. The zero-order chi connectivity index (χ0) is 20.4. The van der Waals surface area contributed by atoms with Crippen LogP contribution < -0.4 is 15.6 Å². The summed E-state index contributed by atoms with van der Waals surface area (Å²) in [6, 6.07) is 13.1. The minimum absolute atomic E-state index is 0.0629. The number of carbonyl (C=O) groups is 2. The van der Waals surface area contributed by atoms with Gasteiger partial charge in [-0.05, 0) is 42.7 Å². The summed E-state index contributed by atoms with van der Waals surface area (Å²) in [6.07, 6.45) is 1.35. The molecule has 0 unspecified atom stereocenters. The minimum Gasteiger partial charge on any atom is -0.480 e. The third-order valence-electron chi connectivity index (χ3n) is 5.04. The van der Waals surface area contributed by atoms with E-state index < -0.39 is 27.9 Å². The van der Waals surface area contributed by atoms with E-state index in [-0.39, 0.29) is 10.5 Å². The molecule has 0 aromatic heterocycles. The van der Waals surface area contributed by atoms with Crippen LogP contribution in [0, 0.1) is 0 Å². The van der Waals surface area contributed by atoms with Gasteiger partial charge in [0.25, 0.3) is 11.8 Å². The number of amides is 2. The fraction of sp³-hybridized carbons (Fsp3) is 0.300. The number of sulfonamides is 1. The molecule has 1 atom stereocenters. The number of hydrogen-bond acceptors (Lipinski definition) is 5. The highest BCUT2D eigenvalue weighted by Crippen LogP contribution is 2.28. The standard InChI is InChI=1S/C20H21N3O5S/c24-19(21-22-20(25)18-13-14-6-1-2-9-17(14)28-18)15-7-5-8-16(12-15)29(26,27)23-10-3-4-11-23/h1-2,5-9,12,18H,3-4,10-11,13H2,(H,21,24)(H,22,25)/t18-/m0/s1. The molecule has 2 N–H and O–H groups in total. The van der Waals surface area contributed by atoms with Crippen LogP contribution in [0.4, 0.5) is 0 Å². The van der Waals surface area contributed by atoms with Crippen LogP contribution in [0.3, 0.4) is 0 Å². The zero-order valence-corrected chi connectivity index (χ0v) is 16.4. The molecule has 2 aliphatic rings. The van der Waals surface area contributed by atoms with Crippen LogP contribution in [0.1, 0.15) is 28.8 Å². The monoisotopic (exact) mass is 415 g/mol. The van der Waals surface area contributed by atoms with E-state index in [1.165, 1.54) is 28.6 Å². The fourth-order valence-corrected chi connectivity index (χ4v) is 5.04. The molecule has 0 spiro atoms. The summed E-state index contributed by atoms with van der Waals surface area (Å²) < 4.78 is 32.3. The van der Waals surface area contributed by atoms with E-state index in [9.17, 15) is 18.0 Å². The first-order valence-electron chi connectivity index (χ1n) is 9.40. The normalized spacial score (nSPS) is 18.7. The fourth-order valence-electron chi connectivity index (χ4n) is 3.47. The second kappa shape index (κ2) is 7.84. The van der Waals surface area contributed by atoms with Gasteiger partial charge < -0.3 is 4.74 Å². The number of rotatable bonds is 4. The van der Waals surface area contributed by atoms with Gasteiger partial charge >= 0.3 is 0 Å². The molecule has 0 bridgehead atoms. The lowest BCUT2D eigenvalue weighted by Crippen LogP contribution is -2.47. The highest BCUT2D eigenvalue weighted by molar-refractivity contribution is 7.89. The Morgan fingerprint density at radius 3 is 2.52 bits per heavy atom. The third-order valence-corrected chi connectivity index (χ3v) is 6.93. The molecule has 1 fully saturated rings. The Balaban J connectivity index is 1.39. The lowest BCUT2D eigenvalue weighted by Gasteiger charge is -2.16. The SMILES string of the molecule is O=C(NNC(=O)[C@@H]1Cc2ccccc2O1)c1cccc(S(=O)(=O)N2CCCC2)c1. The van der Waals surface area contributed by atoms with Crippen LogP contribution >= 0.6 is 0 Å². The van der Waals surface area contributed by atoms with Crippen LogP contribution in [0.2, 0.25) is 0 Å². The number of fused-ring (bicyclic) bond motifs is 1. The van der Waals surface area contributed by atoms with Gasteiger partial charge in [0.1, 0.15) is 5.75 Å². The second-order valence-corrected chi connectivity index (χ2v) is 8.94. The third kappa shape index (κ3) is 3.96. The van der Waals surface area contributed by atoms with Crippen LogP contribution in [0.25, 0.3) is 0 Å². The van der Waals surface area contributed by atoms with Gasteiger partial charge in [-0.2, -0.15) is 4.31 Å². The first-order chi connectivity index (χ1) is 13.9. The molecule has 4 rings (SSSR count). The van der Waals surface area contributed by atoms with E-state index in [2.05, 4.69) is 10.9 Å². The van der Waals surface area contributed by atoms with Crippen LogP contribution in [-0.2, 0) is 21.2 Å². The molecular weight excluding hydrogens is 394 g/mol. The number of benzene rings is 2. The van der Waals surface area contributed by atoms with Crippen molar-refractivity contribution in [1.82, 2.24) is 15.2 Å². The van der Waals surface area contributed by atoms with E-state index in [1.54, 1.807) is 6.07 Å². The summed E-state index contributed by atoms with van der Waals surface area (Å²) >= 11 is 0. The molecule has 29 heavy (non-hydrogen) atoms. The van der Waals surface area contributed by atoms with Gasteiger partial charge in [-0.15, -0.1) is 0 Å². The Morgan fingerprint density at radius 1 is 1.00 bits per heavy atom. The maximum absolute atomic E-state index is 12.7. The quantitative estimate of drug-likeness (QED) is 0.731. The molecule has 2 aliphatic heterocycles. The van der Waals surface area contributed by atoms with Crippen molar-refractivity contribution in [2.24, 2.45) is 0 Å². The molecular formula is C20H21N3O5S. The van der Waals surface area contributed by atoms with Crippen molar-refractivity contribution in [2.45, 2.75) is 30.3 Å². The van der Waals surface area contributed by atoms with Gasteiger partial charge in [0.2, 0.25) is 10.0 Å². The smallest absolute Gasteiger partial charge is 0.279 e. The maximum Gasteiger partial charge on any atom is 0.279 e. The molecule has 8 nitrogen and oxygen atoms in total. The van der Waals surface area contributed by atoms with Crippen molar-refractivity contribution >= 4 is 21.8 Å². The molecule has 2 amide bonds. The van der Waals surface area contributed by atoms with Gasteiger partial charge in [0, 0.05) is 25.1 Å². The molecule has 0 saturated carbocycles. The Hall–Kier alpha value is -2.91. The van der Waals surface area contributed by atoms with Crippen molar-refractivity contribution in [2.75, 3.05) is 13.1 Å². The van der Waals surface area contributed by atoms with E-state index >= 15 is 0 Å². The molecule has 2 aromatic rings. The lowest BCUT2D eigenvalue weighted by atomic mass is 10.1. The Morgan fingerprint density at radius 2 is 1.76 bits per heavy atom. The van der Waals surface area contributed by atoms with Crippen molar-refractivity contribution in [3.8, 4) is 5.75 Å². The number of hydrogen-bond donors (Lipinski definition) is 2.